The van der Waals surface area contributed by atoms with Gasteiger partial charge in [0.1, 0.15) is 0 Å². The molecule has 2 amide bonds. The average molecular weight is 381 g/mol. The number of rotatable bonds is 6. The Morgan fingerprint density at radius 1 is 1.11 bits per heavy atom. The minimum absolute atomic E-state index is 0.0660. The van der Waals surface area contributed by atoms with Crippen LogP contribution in [-0.2, 0) is 9.59 Å². The van der Waals surface area contributed by atoms with Gasteiger partial charge in [0.05, 0.1) is 0 Å². The van der Waals surface area contributed by atoms with E-state index in [2.05, 4.69) is 31.9 Å². The van der Waals surface area contributed by atoms with Crippen molar-refractivity contribution in [1.29, 1.82) is 0 Å². The van der Waals surface area contributed by atoms with E-state index < -0.39 is 0 Å². The monoisotopic (exact) mass is 381 g/mol. The molecule has 7 nitrogen and oxygen atoms in total. The number of aromatic nitrogens is 4. The molecule has 1 aliphatic heterocycles. The third kappa shape index (κ3) is 2.93. The molecule has 3 heterocycles. The fourth-order valence-corrected chi connectivity index (χ4v) is 4.51. The number of nitrogens with one attached hydrogen (secondary N) is 1. The Labute approximate surface area is 160 Å². The lowest BCUT2D eigenvalue weighted by atomic mass is 10.1. The molecule has 2 aromatic heterocycles. The van der Waals surface area contributed by atoms with Gasteiger partial charge in [0, 0.05) is 53.8 Å². The smallest absolute Gasteiger partial charge is 0.229 e. The van der Waals surface area contributed by atoms with Gasteiger partial charge in [0.25, 0.3) is 0 Å². The Kier molecular flexibility index (Phi) is 4.00. The molecular weight excluding hydrogens is 362 g/mol. The van der Waals surface area contributed by atoms with E-state index in [4.69, 9.17) is 0 Å². The quantitative estimate of drug-likeness (QED) is 0.524. The normalized spacial score (nSPS) is 17.4. The van der Waals surface area contributed by atoms with Crippen LogP contribution in [0.15, 0.2) is 35.6 Å². The van der Waals surface area contributed by atoms with Crippen molar-refractivity contribution in [3.8, 4) is 11.4 Å². The standard InChI is InChI=1S/C19H19N5O2S/c25-16-7-8-17(26)23(16)9-10-27-19-22-21-18(24(19)12-5-6-12)14-11-20-15-4-2-1-3-13(14)15/h1-4,11-12,20H,5-10H2. The molecule has 1 saturated heterocycles. The summed E-state index contributed by atoms with van der Waals surface area (Å²) in [5.41, 5.74) is 2.14. The van der Waals surface area contributed by atoms with Crippen LogP contribution in [0.3, 0.4) is 0 Å². The van der Waals surface area contributed by atoms with Crippen LogP contribution in [0.5, 0.6) is 0 Å². The van der Waals surface area contributed by atoms with E-state index in [1.165, 1.54) is 4.90 Å². The van der Waals surface area contributed by atoms with Gasteiger partial charge >= 0.3 is 0 Å². The maximum Gasteiger partial charge on any atom is 0.229 e. The first-order valence-corrected chi connectivity index (χ1v) is 10.2. The van der Waals surface area contributed by atoms with Crippen molar-refractivity contribution >= 4 is 34.5 Å². The summed E-state index contributed by atoms with van der Waals surface area (Å²) in [6.45, 7) is 0.433. The molecule has 1 aliphatic carbocycles. The predicted octanol–water partition coefficient (Wildman–Crippen LogP) is 3.00. The highest BCUT2D eigenvalue weighted by atomic mass is 32.2. The second-order valence-electron chi connectivity index (χ2n) is 6.94. The molecule has 1 saturated carbocycles. The number of para-hydroxylation sites is 1. The maximum atomic E-state index is 11.8. The molecule has 1 N–H and O–H groups in total. The van der Waals surface area contributed by atoms with Gasteiger partial charge in [-0.3, -0.25) is 19.1 Å². The number of thioether (sulfide) groups is 1. The summed E-state index contributed by atoms with van der Waals surface area (Å²) in [6.07, 6.45) is 4.93. The first-order valence-electron chi connectivity index (χ1n) is 9.20. The lowest BCUT2D eigenvalue weighted by Gasteiger charge is -2.13. The van der Waals surface area contributed by atoms with Crippen LogP contribution in [0.4, 0.5) is 0 Å². The SMILES string of the molecule is O=C1CCC(=O)N1CCSc1nnc(-c2c[nH]c3ccccc23)n1C1CC1. The number of amides is 2. The number of hydrogen-bond donors (Lipinski definition) is 1. The first-order chi connectivity index (χ1) is 13.2. The van der Waals surface area contributed by atoms with Gasteiger partial charge in [-0.2, -0.15) is 0 Å². The van der Waals surface area contributed by atoms with E-state index >= 15 is 0 Å². The number of hydrogen-bond acceptors (Lipinski definition) is 5. The zero-order valence-corrected chi connectivity index (χ0v) is 15.5. The summed E-state index contributed by atoms with van der Waals surface area (Å²) < 4.78 is 2.22. The lowest BCUT2D eigenvalue weighted by Crippen LogP contribution is -2.31. The van der Waals surface area contributed by atoms with Gasteiger partial charge < -0.3 is 4.98 Å². The molecule has 138 valence electrons. The zero-order valence-electron chi connectivity index (χ0n) is 14.7. The van der Waals surface area contributed by atoms with Crippen molar-refractivity contribution in [2.24, 2.45) is 0 Å². The summed E-state index contributed by atoms with van der Waals surface area (Å²) >= 11 is 1.56. The molecule has 0 radical (unpaired) electrons. The Bertz CT molecular complexity index is 1020. The lowest BCUT2D eigenvalue weighted by molar-refractivity contribution is -0.137. The number of fused-ring (bicyclic) bond motifs is 1. The molecular formula is C19H19N5O2S. The molecule has 0 spiro atoms. The van der Waals surface area contributed by atoms with Crippen molar-refractivity contribution in [2.75, 3.05) is 12.3 Å². The first kappa shape index (κ1) is 16.6. The van der Waals surface area contributed by atoms with Gasteiger partial charge in [0.15, 0.2) is 11.0 Å². The van der Waals surface area contributed by atoms with Crippen LogP contribution < -0.4 is 0 Å². The summed E-state index contributed by atoms with van der Waals surface area (Å²) in [6, 6.07) is 8.61. The minimum Gasteiger partial charge on any atom is -0.360 e. The molecule has 2 fully saturated rings. The van der Waals surface area contributed by atoms with Gasteiger partial charge in [-0.1, -0.05) is 30.0 Å². The van der Waals surface area contributed by atoms with Crippen LogP contribution in [-0.4, -0.2) is 48.8 Å². The number of nitrogens with zero attached hydrogens (tertiary/aromatic N) is 4. The summed E-state index contributed by atoms with van der Waals surface area (Å²) in [5, 5.41) is 10.9. The van der Waals surface area contributed by atoms with E-state index in [0.717, 1.165) is 40.3 Å². The van der Waals surface area contributed by atoms with Gasteiger partial charge in [0.2, 0.25) is 11.8 Å². The van der Waals surface area contributed by atoms with Crippen molar-refractivity contribution in [3.63, 3.8) is 0 Å². The van der Waals surface area contributed by atoms with E-state index in [9.17, 15) is 9.59 Å². The number of H-pyrrole nitrogens is 1. The molecule has 2 aliphatic rings. The third-order valence-electron chi connectivity index (χ3n) is 5.11. The number of imide groups is 1. The predicted molar refractivity (Wildman–Crippen MR) is 102 cm³/mol. The minimum atomic E-state index is -0.0660. The largest absolute Gasteiger partial charge is 0.360 e. The van der Waals surface area contributed by atoms with Crippen LogP contribution in [0, 0.1) is 0 Å². The van der Waals surface area contributed by atoms with Crippen molar-refractivity contribution in [3.05, 3.63) is 30.5 Å². The molecule has 0 atom stereocenters. The van der Waals surface area contributed by atoms with E-state index in [1.54, 1.807) is 11.8 Å². The van der Waals surface area contributed by atoms with Gasteiger partial charge in [-0.25, -0.2) is 0 Å². The number of benzene rings is 1. The fourth-order valence-electron chi connectivity index (χ4n) is 3.58. The summed E-state index contributed by atoms with van der Waals surface area (Å²) in [5.74, 6) is 1.38. The highest BCUT2D eigenvalue weighted by Crippen LogP contribution is 2.42. The summed E-state index contributed by atoms with van der Waals surface area (Å²) in [4.78, 5) is 28.2. The number of carbonyl (C=O) groups is 2. The van der Waals surface area contributed by atoms with E-state index in [1.807, 2.05) is 18.3 Å². The van der Waals surface area contributed by atoms with Crippen LogP contribution in [0.25, 0.3) is 22.3 Å². The molecule has 0 unspecified atom stereocenters. The number of likely N-dealkylation sites (tertiary alicyclic amines) is 1. The number of carbonyl (C=O) groups excluding carboxylic acids is 2. The Morgan fingerprint density at radius 3 is 2.67 bits per heavy atom. The summed E-state index contributed by atoms with van der Waals surface area (Å²) in [7, 11) is 0. The highest BCUT2D eigenvalue weighted by Gasteiger charge is 2.32. The van der Waals surface area contributed by atoms with Crippen molar-refractivity contribution in [2.45, 2.75) is 36.9 Å². The third-order valence-corrected chi connectivity index (χ3v) is 6.03. The molecule has 1 aromatic carbocycles. The van der Waals surface area contributed by atoms with Crippen LogP contribution in [0.2, 0.25) is 0 Å². The molecule has 3 aromatic rings. The Balaban J connectivity index is 1.40. The molecule has 5 rings (SSSR count). The number of aromatic amines is 1. The van der Waals surface area contributed by atoms with Crippen LogP contribution >= 0.6 is 11.8 Å². The molecule has 8 heteroatoms. The van der Waals surface area contributed by atoms with Crippen molar-refractivity contribution < 1.29 is 9.59 Å². The maximum absolute atomic E-state index is 11.8. The Morgan fingerprint density at radius 2 is 1.89 bits per heavy atom. The molecule has 0 bridgehead atoms. The molecule has 27 heavy (non-hydrogen) atoms. The topological polar surface area (TPSA) is 83.9 Å². The second-order valence-corrected chi connectivity index (χ2v) is 8.00. The second kappa shape index (κ2) is 6.53. The van der Waals surface area contributed by atoms with Gasteiger partial charge in [-0.15, -0.1) is 10.2 Å². The van der Waals surface area contributed by atoms with E-state index in [0.29, 0.717) is 31.2 Å². The fraction of sp³-hybridized carbons (Fsp3) is 0.368. The Hall–Kier alpha value is -2.61. The van der Waals surface area contributed by atoms with E-state index in [-0.39, 0.29) is 11.8 Å². The van der Waals surface area contributed by atoms with Gasteiger partial charge in [-0.05, 0) is 18.9 Å². The zero-order chi connectivity index (χ0) is 18.4. The average Bonchev–Trinajstić information content (AvgIpc) is 3.16. The van der Waals surface area contributed by atoms with Crippen molar-refractivity contribution in [1.82, 2.24) is 24.6 Å². The van der Waals surface area contributed by atoms with Crippen LogP contribution in [0.1, 0.15) is 31.7 Å². The highest BCUT2D eigenvalue weighted by molar-refractivity contribution is 7.99.